The average Bonchev–Trinajstić information content (AvgIpc) is 2.90. The molecule has 1 aromatic rings. The van der Waals surface area contributed by atoms with Crippen LogP contribution in [-0.4, -0.2) is 27.3 Å². The highest BCUT2D eigenvalue weighted by Gasteiger charge is 2.26. The number of thiophene rings is 1. The lowest BCUT2D eigenvalue weighted by Gasteiger charge is -2.31. The lowest BCUT2D eigenvalue weighted by atomic mass is 9.94. The first-order valence-electron chi connectivity index (χ1n) is 7.33. The lowest BCUT2D eigenvalue weighted by molar-refractivity contribution is 0.346. The van der Waals surface area contributed by atoms with Gasteiger partial charge in [-0.2, -0.15) is 11.3 Å². The van der Waals surface area contributed by atoms with Crippen LogP contribution >= 0.6 is 11.3 Å². The molecule has 0 aromatic carbocycles. The summed E-state index contributed by atoms with van der Waals surface area (Å²) < 4.78 is 11.9. The fourth-order valence-corrected chi connectivity index (χ4v) is 5.02. The van der Waals surface area contributed by atoms with E-state index in [-0.39, 0.29) is 0 Å². The Morgan fingerprint density at radius 3 is 3.05 bits per heavy atom. The Morgan fingerprint density at radius 2 is 2.37 bits per heavy atom. The van der Waals surface area contributed by atoms with Crippen LogP contribution in [0.1, 0.15) is 45.1 Å². The minimum atomic E-state index is -0.619. The molecule has 1 aliphatic rings. The van der Waals surface area contributed by atoms with Crippen molar-refractivity contribution in [1.82, 2.24) is 5.32 Å². The van der Waals surface area contributed by atoms with E-state index in [4.69, 9.17) is 0 Å². The minimum Gasteiger partial charge on any atom is -0.311 e. The van der Waals surface area contributed by atoms with Gasteiger partial charge in [0.2, 0.25) is 0 Å². The lowest BCUT2D eigenvalue weighted by Crippen LogP contribution is -2.42. The van der Waals surface area contributed by atoms with Crippen LogP contribution in [-0.2, 0) is 17.2 Å². The summed E-state index contributed by atoms with van der Waals surface area (Å²) in [6.45, 7) is 4.30. The van der Waals surface area contributed by atoms with Crippen molar-refractivity contribution >= 4 is 22.1 Å². The number of hydrogen-bond donors (Lipinski definition) is 1. The Balaban J connectivity index is 1.80. The van der Waals surface area contributed by atoms with E-state index in [2.05, 4.69) is 29.1 Å². The van der Waals surface area contributed by atoms with Gasteiger partial charge in [-0.25, -0.2) is 0 Å². The van der Waals surface area contributed by atoms with Crippen LogP contribution in [0.3, 0.4) is 0 Å². The van der Waals surface area contributed by atoms with Crippen molar-refractivity contribution in [3.8, 4) is 0 Å². The molecule has 1 N–H and O–H groups in total. The van der Waals surface area contributed by atoms with Gasteiger partial charge < -0.3 is 5.32 Å². The Bertz CT molecular complexity index is 391. The van der Waals surface area contributed by atoms with Crippen molar-refractivity contribution in [3.05, 3.63) is 22.4 Å². The van der Waals surface area contributed by atoms with Gasteiger partial charge in [-0.3, -0.25) is 4.21 Å². The normalized spacial score (nSPS) is 27.1. The van der Waals surface area contributed by atoms with Crippen LogP contribution in [0.2, 0.25) is 0 Å². The van der Waals surface area contributed by atoms with Crippen LogP contribution < -0.4 is 5.32 Å². The molecule has 19 heavy (non-hydrogen) atoms. The van der Waals surface area contributed by atoms with E-state index < -0.39 is 10.8 Å². The van der Waals surface area contributed by atoms with Gasteiger partial charge in [0.05, 0.1) is 0 Å². The largest absolute Gasteiger partial charge is 0.311 e. The first-order valence-corrected chi connectivity index (χ1v) is 9.65. The topological polar surface area (TPSA) is 29.1 Å². The Morgan fingerprint density at radius 1 is 1.53 bits per heavy atom. The van der Waals surface area contributed by atoms with Crippen molar-refractivity contribution in [2.75, 3.05) is 5.75 Å². The summed E-state index contributed by atoms with van der Waals surface area (Å²) in [6.07, 6.45) is 5.80. The van der Waals surface area contributed by atoms with Gasteiger partial charge >= 0.3 is 0 Å². The maximum Gasteiger partial charge on any atom is 0.0362 e. The van der Waals surface area contributed by atoms with Crippen molar-refractivity contribution in [2.45, 2.75) is 63.3 Å². The van der Waals surface area contributed by atoms with E-state index in [9.17, 15) is 4.21 Å². The molecule has 1 heterocycles. The summed E-state index contributed by atoms with van der Waals surface area (Å²) in [5.74, 6) is 0.807. The molecule has 0 unspecified atom stereocenters. The van der Waals surface area contributed by atoms with Crippen LogP contribution in [0.15, 0.2) is 16.8 Å². The summed E-state index contributed by atoms with van der Waals surface area (Å²) in [5.41, 5.74) is 1.43. The highest BCUT2D eigenvalue weighted by molar-refractivity contribution is 7.85. The molecular weight excluding hydrogens is 274 g/mol. The molecule has 1 aromatic heterocycles. The number of nitrogens with one attached hydrogen (secondary N) is 1. The molecule has 1 saturated carbocycles. The maximum absolute atomic E-state index is 11.9. The summed E-state index contributed by atoms with van der Waals surface area (Å²) in [6, 6.07) is 3.27. The second kappa shape index (κ2) is 7.55. The molecule has 4 heteroatoms. The van der Waals surface area contributed by atoms with Gasteiger partial charge in [0.25, 0.3) is 0 Å². The molecular formula is C15H25NOS2. The molecule has 0 bridgehead atoms. The molecule has 2 rings (SSSR count). The average molecular weight is 300 g/mol. The van der Waals surface area contributed by atoms with Crippen LogP contribution in [0.4, 0.5) is 0 Å². The van der Waals surface area contributed by atoms with Crippen LogP contribution in [0.5, 0.6) is 0 Å². The molecule has 4 atom stereocenters. The second-order valence-electron chi connectivity index (χ2n) is 5.56. The molecule has 1 aliphatic carbocycles. The Kier molecular flexibility index (Phi) is 6.05. The van der Waals surface area contributed by atoms with Gasteiger partial charge in [-0.05, 0) is 55.0 Å². The molecule has 2 nitrogen and oxygen atoms in total. The SMILES string of the molecule is CC[S@](=O)[C@@H]1CCC[C@@H](N[C@H](C)Cc2ccsc2)C1. The predicted octanol–water partition coefficient (Wildman–Crippen LogP) is 3.35. The van der Waals surface area contributed by atoms with Gasteiger partial charge in [-0.15, -0.1) is 0 Å². The van der Waals surface area contributed by atoms with E-state index in [1.807, 2.05) is 6.92 Å². The van der Waals surface area contributed by atoms with E-state index >= 15 is 0 Å². The molecule has 108 valence electrons. The monoisotopic (exact) mass is 299 g/mol. The standard InChI is InChI=1S/C15H25NOS2/c1-3-19(17)15-6-4-5-14(10-15)16-12(2)9-13-7-8-18-11-13/h7-8,11-12,14-16H,3-6,9-10H2,1-2H3/t12-,14-,15-,19+/m1/s1. The first kappa shape index (κ1) is 15.2. The summed E-state index contributed by atoms with van der Waals surface area (Å²) in [5, 5.41) is 8.53. The zero-order valence-corrected chi connectivity index (χ0v) is 13.6. The Hall–Kier alpha value is -0.190. The molecule has 0 saturated heterocycles. The van der Waals surface area contributed by atoms with Crippen LogP contribution in [0.25, 0.3) is 0 Å². The summed E-state index contributed by atoms with van der Waals surface area (Å²) >= 11 is 1.77. The van der Waals surface area contributed by atoms with Gasteiger partial charge in [0, 0.05) is 33.9 Å². The molecule has 0 radical (unpaired) electrons. The third kappa shape index (κ3) is 4.69. The molecule has 0 spiro atoms. The number of hydrogen-bond acceptors (Lipinski definition) is 3. The van der Waals surface area contributed by atoms with E-state index in [0.717, 1.165) is 25.0 Å². The predicted molar refractivity (Wildman–Crippen MR) is 85.3 cm³/mol. The second-order valence-corrected chi connectivity index (χ2v) is 8.34. The van der Waals surface area contributed by atoms with E-state index in [1.165, 1.54) is 18.4 Å². The third-order valence-corrected chi connectivity index (χ3v) is 6.40. The van der Waals surface area contributed by atoms with Crippen molar-refractivity contribution in [3.63, 3.8) is 0 Å². The fourth-order valence-electron chi connectivity index (χ4n) is 2.99. The summed E-state index contributed by atoms with van der Waals surface area (Å²) in [4.78, 5) is 0. The number of rotatable bonds is 6. The molecule has 1 fully saturated rings. The first-order chi connectivity index (χ1) is 9.19. The van der Waals surface area contributed by atoms with Gasteiger partial charge in [0.15, 0.2) is 0 Å². The quantitative estimate of drug-likeness (QED) is 0.873. The van der Waals surface area contributed by atoms with Crippen LogP contribution in [0, 0.1) is 0 Å². The van der Waals surface area contributed by atoms with Crippen molar-refractivity contribution in [2.24, 2.45) is 0 Å². The zero-order chi connectivity index (χ0) is 13.7. The summed E-state index contributed by atoms with van der Waals surface area (Å²) in [7, 11) is -0.619. The molecule has 0 aliphatic heterocycles. The maximum atomic E-state index is 11.9. The fraction of sp³-hybridized carbons (Fsp3) is 0.733. The van der Waals surface area contributed by atoms with Gasteiger partial charge in [-0.1, -0.05) is 13.3 Å². The van der Waals surface area contributed by atoms with Gasteiger partial charge in [0.1, 0.15) is 0 Å². The van der Waals surface area contributed by atoms with E-state index in [1.54, 1.807) is 11.3 Å². The van der Waals surface area contributed by atoms with E-state index in [0.29, 0.717) is 17.3 Å². The highest BCUT2D eigenvalue weighted by atomic mass is 32.2. The molecule has 0 amide bonds. The third-order valence-electron chi connectivity index (χ3n) is 3.92. The highest BCUT2D eigenvalue weighted by Crippen LogP contribution is 2.23. The zero-order valence-electron chi connectivity index (χ0n) is 11.9. The Labute approximate surface area is 123 Å². The minimum absolute atomic E-state index is 0.421. The van der Waals surface area contributed by atoms with Crippen molar-refractivity contribution in [1.29, 1.82) is 0 Å². The smallest absolute Gasteiger partial charge is 0.0362 e. The van der Waals surface area contributed by atoms with Crippen molar-refractivity contribution < 1.29 is 4.21 Å².